The topological polar surface area (TPSA) is 9.23 Å². The summed E-state index contributed by atoms with van der Waals surface area (Å²) in [6.45, 7) is 7.18. The zero-order chi connectivity index (χ0) is 12.0. The number of hydrogen-bond donors (Lipinski definition) is 0. The van der Waals surface area contributed by atoms with Crippen LogP contribution >= 0.6 is 11.6 Å². The molecule has 0 aliphatic heterocycles. The van der Waals surface area contributed by atoms with E-state index in [1.54, 1.807) is 7.11 Å². The van der Waals surface area contributed by atoms with Crippen molar-refractivity contribution in [2.24, 2.45) is 0 Å². The van der Waals surface area contributed by atoms with Gasteiger partial charge in [-0.1, -0.05) is 31.8 Å². The molecule has 16 heavy (non-hydrogen) atoms. The quantitative estimate of drug-likeness (QED) is 0.579. The van der Waals surface area contributed by atoms with E-state index in [0.717, 1.165) is 12.2 Å². The molecule has 0 bridgehead atoms. The smallest absolute Gasteiger partial charge is 0.118 e. The second-order valence-corrected chi connectivity index (χ2v) is 11.8. The molecule has 0 spiro atoms. The summed E-state index contributed by atoms with van der Waals surface area (Å²) in [4.78, 5) is -0.0866. The molecule has 1 nitrogen and oxygen atoms in total. The first-order valence-corrected chi connectivity index (χ1v) is 9.67. The maximum atomic E-state index is 6.71. The molecular formula is C13H19ClOSi. The number of halogens is 1. The third-order valence-electron chi connectivity index (χ3n) is 3.51. The fourth-order valence-corrected chi connectivity index (χ4v) is 6.28. The molecule has 1 aromatic rings. The van der Waals surface area contributed by atoms with Crippen LogP contribution in [0.5, 0.6) is 5.75 Å². The average Bonchev–Trinajstić information content (AvgIpc) is 2.92. The van der Waals surface area contributed by atoms with E-state index in [2.05, 4.69) is 31.8 Å². The van der Waals surface area contributed by atoms with Gasteiger partial charge < -0.3 is 4.74 Å². The van der Waals surface area contributed by atoms with Crippen LogP contribution < -0.4 is 4.74 Å². The van der Waals surface area contributed by atoms with Crippen LogP contribution in [-0.2, 0) is 4.87 Å². The summed E-state index contributed by atoms with van der Waals surface area (Å²) in [5.74, 6) is 0.897. The van der Waals surface area contributed by atoms with Crippen molar-refractivity contribution in [1.82, 2.24) is 0 Å². The van der Waals surface area contributed by atoms with Crippen molar-refractivity contribution in [2.75, 3.05) is 7.11 Å². The Balaban J connectivity index is 2.20. The van der Waals surface area contributed by atoms with Crippen LogP contribution in [0, 0.1) is 0 Å². The highest BCUT2D eigenvalue weighted by molar-refractivity contribution is 6.79. The maximum Gasteiger partial charge on any atom is 0.118 e. The van der Waals surface area contributed by atoms with Gasteiger partial charge in [0.05, 0.1) is 12.0 Å². The van der Waals surface area contributed by atoms with Crippen LogP contribution in [0.4, 0.5) is 0 Å². The Morgan fingerprint density at radius 1 is 1.25 bits per heavy atom. The Hall–Kier alpha value is -0.473. The van der Waals surface area contributed by atoms with E-state index in [4.69, 9.17) is 16.3 Å². The first-order chi connectivity index (χ1) is 7.38. The van der Waals surface area contributed by atoms with Gasteiger partial charge in [-0.15, -0.1) is 11.6 Å². The molecule has 1 saturated carbocycles. The second kappa shape index (κ2) is 3.78. The number of hydrogen-bond acceptors (Lipinski definition) is 1. The lowest BCUT2D eigenvalue weighted by atomic mass is 10.1. The van der Waals surface area contributed by atoms with Crippen molar-refractivity contribution < 1.29 is 4.74 Å². The summed E-state index contributed by atoms with van der Waals surface area (Å²) in [5, 5.41) is 0. The second-order valence-electron chi connectivity index (χ2n) is 5.71. The third kappa shape index (κ3) is 2.01. The first-order valence-electron chi connectivity index (χ1n) is 5.71. The summed E-state index contributed by atoms with van der Waals surface area (Å²) in [7, 11) is 0.561. The number of benzene rings is 1. The fraction of sp³-hybridized carbons (Fsp3) is 0.538. The summed E-state index contributed by atoms with van der Waals surface area (Å²) in [6.07, 6.45) is 1.14. The molecule has 1 aromatic carbocycles. The molecule has 2 atom stereocenters. The Morgan fingerprint density at radius 3 is 2.19 bits per heavy atom. The molecule has 0 heterocycles. The molecule has 0 radical (unpaired) electrons. The van der Waals surface area contributed by atoms with Gasteiger partial charge in [0.2, 0.25) is 0 Å². The predicted octanol–water partition coefficient (Wildman–Crippen LogP) is 4.24. The molecule has 88 valence electrons. The van der Waals surface area contributed by atoms with Crippen LogP contribution in [0.25, 0.3) is 0 Å². The normalized spacial score (nSPS) is 28.9. The SMILES string of the molecule is COc1ccc([C@@]2(Cl)C[C@@H]2[Si](C)(C)C)cc1. The molecule has 1 aliphatic carbocycles. The van der Waals surface area contributed by atoms with Crippen LogP contribution in [0.1, 0.15) is 12.0 Å². The Bertz CT molecular complexity index is 382. The standard InChI is InChI=1S/C13H19ClOSi/c1-15-11-7-5-10(6-8-11)13(14)9-12(13)16(2,3)4/h5-8,12H,9H2,1-4H3/t12-,13-/m0/s1. The third-order valence-corrected chi connectivity index (χ3v) is 7.12. The lowest BCUT2D eigenvalue weighted by molar-refractivity contribution is 0.414. The van der Waals surface area contributed by atoms with Gasteiger partial charge in [-0.05, 0) is 29.7 Å². The van der Waals surface area contributed by atoms with Gasteiger partial charge in [0.15, 0.2) is 0 Å². The summed E-state index contributed by atoms with van der Waals surface area (Å²) >= 11 is 6.71. The molecule has 0 N–H and O–H groups in total. The van der Waals surface area contributed by atoms with Gasteiger partial charge in [0.1, 0.15) is 5.75 Å². The van der Waals surface area contributed by atoms with E-state index >= 15 is 0 Å². The van der Waals surface area contributed by atoms with E-state index < -0.39 is 8.07 Å². The molecule has 0 aromatic heterocycles. The Kier molecular flexibility index (Phi) is 2.83. The molecule has 2 rings (SSSR count). The van der Waals surface area contributed by atoms with Crippen LogP contribution in [0.15, 0.2) is 24.3 Å². The molecule has 0 amide bonds. The zero-order valence-electron chi connectivity index (χ0n) is 10.4. The Labute approximate surface area is 104 Å². The summed E-state index contributed by atoms with van der Waals surface area (Å²) in [5.41, 5.74) is 1.96. The number of ether oxygens (including phenoxy) is 1. The van der Waals surface area contributed by atoms with E-state index in [1.165, 1.54) is 5.56 Å². The number of methoxy groups -OCH3 is 1. The van der Waals surface area contributed by atoms with E-state index in [-0.39, 0.29) is 4.87 Å². The van der Waals surface area contributed by atoms with Crippen molar-refractivity contribution in [3.8, 4) is 5.75 Å². The van der Waals surface area contributed by atoms with Crippen molar-refractivity contribution in [1.29, 1.82) is 0 Å². The van der Waals surface area contributed by atoms with Crippen LogP contribution in [0.2, 0.25) is 25.2 Å². The van der Waals surface area contributed by atoms with Gasteiger partial charge in [0.25, 0.3) is 0 Å². The van der Waals surface area contributed by atoms with Gasteiger partial charge in [0, 0.05) is 8.07 Å². The van der Waals surface area contributed by atoms with Crippen molar-refractivity contribution in [3.05, 3.63) is 29.8 Å². The Morgan fingerprint density at radius 2 is 1.81 bits per heavy atom. The number of rotatable bonds is 3. The molecular weight excluding hydrogens is 236 g/mol. The molecule has 3 heteroatoms. The molecule has 0 saturated heterocycles. The maximum absolute atomic E-state index is 6.71. The minimum Gasteiger partial charge on any atom is -0.497 e. The van der Waals surface area contributed by atoms with Gasteiger partial charge in [-0.2, -0.15) is 0 Å². The predicted molar refractivity (Wildman–Crippen MR) is 72.2 cm³/mol. The zero-order valence-corrected chi connectivity index (χ0v) is 12.1. The number of alkyl halides is 1. The van der Waals surface area contributed by atoms with Crippen molar-refractivity contribution >= 4 is 19.7 Å². The largest absolute Gasteiger partial charge is 0.497 e. The highest BCUT2D eigenvalue weighted by atomic mass is 35.5. The molecule has 0 unspecified atom stereocenters. The van der Waals surface area contributed by atoms with Crippen molar-refractivity contribution in [3.63, 3.8) is 0 Å². The van der Waals surface area contributed by atoms with Gasteiger partial charge in [-0.25, -0.2) is 0 Å². The van der Waals surface area contributed by atoms with Crippen LogP contribution in [0.3, 0.4) is 0 Å². The monoisotopic (exact) mass is 254 g/mol. The van der Waals surface area contributed by atoms with Gasteiger partial charge in [-0.3, -0.25) is 0 Å². The summed E-state index contributed by atoms with van der Waals surface area (Å²) < 4.78 is 5.16. The summed E-state index contributed by atoms with van der Waals surface area (Å²) in [6, 6.07) is 8.20. The van der Waals surface area contributed by atoms with E-state index in [9.17, 15) is 0 Å². The average molecular weight is 255 g/mol. The van der Waals surface area contributed by atoms with E-state index in [0.29, 0.717) is 5.54 Å². The van der Waals surface area contributed by atoms with Gasteiger partial charge >= 0.3 is 0 Å². The minimum absolute atomic E-state index is 0.0866. The van der Waals surface area contributed by atoms with E-state index in [1.807, 2.05) is 12.1 Å². The minimum atomic E-state index is -1.13. The lowest BCUT2D eigenvalue weighted by Crippen LogP contribution is -2.23. The van der Waals surface area contributed by atoms with Crippen LogP contribution in [-0.4, -0.2) is 15.2 Å². The highest BCUT2D eigenvalue weighted by Crippen LogP contribution is 2.66. The fourth-order valence-electron chi connectivity index (χ4n) is 2.42. The molecule has 1 aliphatic rings. The highest BCUT2D eigenvalue weighted by Gasteiger charge is 2.59. The first kappa shape index (κ1) is 12.0. The molecule has 1 fully saturated rings. The lowest BCUT2D eigenvalue weighted by Gasteiger charge is -2.19. The van der Waals surface area contributed by atoms with Crippen molar-refractivity contribution in [2.45, 2.75) is 36.5 Å².